The summed E-state index contributed by atoms with van der Waals surface area (Å²) in [5.41, 5.74) is 5.85. The van der Waals surface area contributed by atoms with Crippen LogP contribution in [0.5, 0.6) is 5.75 Å². The Labute approximate surface area is 233 Å². The van der Waals surface area contributed by atoms with Gasteiger partial charge in [-0.15, -0.1) is 5.10 Å². The SMILES string of the molecule is COc1ccccc1N1CCN([C@H](c2cc3cc(C)c(C)cc3[nH]c2=O)c2nnnn2Cc2ccccc2)CC1. The van der Waals surface area contributed by atoms with Gasteiger partial charge in [0.25, 0.3) is 5.56 Å². The molecule has 1 fully saturated rings. The second-order valence-corrected chi connectivity index (χ2v) is 10.4. The highest BCUT2D eigenvalue weighted by Gasteiger charge is 2.33. The van der Waals surface area contributed by atoms with Gasteiger partial charge in [0.15, 0.2) is 5.82 Å². The fraction of sp³-hybridized carbons (Fsp3) is 0.290. The maximum absolute atomic E-state index is 13.7. The van der Waals surface area contributed by atoms with E-state index in [9.17, 15) is 4.79 Å². The molecule has 9 heteroatoms. The molecule has 3 aromatic carbocycles. The summed E-state index contributed by atoms with van der Waals surface area (Å²) < 4.78 is 7.43. The Morgan fingerprint density at radius 2 is 1.65 bits per heavy atom. The van der Waals surface area contributed by atoms with E-state index in [1.54, 1.807) is 7.11 Å². The Hall–Kier alpha value is -4.50. The van der Waals surface area contributed by atoms with Crippen molar-refractivity contribution in [2.75, 3.05) is 38.2 Å². The van der Waals surface area contributed by atoms with E-state index in [-0.39, 0.29) is 5.56 Å². The van der Waals surface area contributed by atoms with Crippen molar-refractivity contribution in [1.29, 1.82) is 0 Å². The monoisotopic (exact) mass is 535 g/mol. The summed E-state index contributed by atoms with van der Waals surface area (Å²) in [5, 5.41) is 13.9. The standard InChI is InChI=1S/C31H33N7O2/c1-21-17-24-19-25(31(39)32-26(24)18-22(21)2)29(30-33-34-35-38(30)20-23-9-5-4-6-10-23)37-15-13-36(14-16-37)27-11-7-8-12-28(27)40-3/h4-12,17-19,29H,13-16,20H2,1-3H3,(H,32,39)/t29-/m1/s1. The summed E-state index contributed by atoms with van der Waals surface area (Å²) >= 11 is 0. The Kier molecular flexibility index (Phi) is 7.04. The molecule has 0 spiro atoms. The van der Waals surface area contributed by atoms with Crippen LogP contribution in [0.2, 0.25) is 0 Å². The van der Waals surface area contributed by atoms with Gasteiger partial charge in [-0.05, 0) is 76.7 Å². The zero-order chi connectivity index (χ0) is 27.6. The molecule has 1 saturated heterocycles. The highest BCUT2D eigenvalue weighted by molar-refractivity contribution is 5.81. The molecule has 0 amide bonds. The van der Waals surface area contributed by atoms with Gasteiger partial charge in [0.05, 0.1) is 19.3 Å². The molecule has 0 bridgehead atoms. The zero-order valence-electron chi connectivity index (χ0n) is 23.0. The van der Waals surface area contributed by atoms with Crippen LogP contribution in [-0.2, 0) is 6.54 Å². The van der Waals surface area contributed by atoms with E-state index in [0.29, 0.717) is 17.9 Å². The van der Waals surface area contributed by atoms with Crippen molar-refractivity contribution in [2.24, 2.45) is 0 Å². The van der Waals surface area contributed by atoms with E-state index >= 15 is 0 Å². The van der Waals surface area contributed by atoms with Crippen LogP contribution in [0.25, 0.3) is 10.9 Å². The number of H-pyrrole nitrogens is 1. The fourth-order valence-electron chi connectivity index (χ4n) is 5.58. The van der Waals surface area contributed by atoms with Crippen molar-refractivity contribution >= 4 is 16.6 Å². The van der Waals surface area contributed by atoms with Gasteiger partial charge in [0.2, 0.25) is 0 Å². The normalized spacial score (nSPS) is 14.9. The Morgan fingerprint density at radius 1 is 0.925 bits per heavy atom. The third kappa shape index (κ3) is 4.96. The van der Waals surface area contributed by atoms with Gasteiger partial charge in [0, 0.05) is 37.3 Å². The molecule has 6 rings (SSSR count). The smallest absolute Gasteiger partial charge is 0.253 e. The second kappa shape index (κ2) is 10.9. The number of benzene rings is 3. The van der Waals surface area contributed by atoms with Crippen LogP contribution in [0.1, 0.15) is 34.1 Å². The highest BCUT2D eigenvalue weighted by atomic mass is 16.5. The van der Waals surface area contributed by atoms with E-state index in [1.165, 1.54) is 5.56 Å². The van der Waals surface area contributed by atoms with Crippen LogP contribution in [0.15, 0.2) is 77.6 Å². The van der Waals surface area contributed by atoms with Crippen LogP contribution < -0.4 is 15.2 Å². The van der Waals surface area contributed by atoms with Crippen LogP contribution in [0.3, 0.4) is 0 Å². The number of hydrogen-bond donors (Lipinski definition) is 1. The molecule has 0 radical (unpaired) electrons. The van der Waals surface area contributed by atoms with Crippen molar-refractivity contribution in [2.45, 2.75) is 26.4 Å². The van der Waals surface area contributed by atoms with Gasteiger partial charge >= 0.3 is 0 Å². The molecule has 1 atom stereocenters. The van der Waals surface area contributed by atoms with Crippen molar-refractivity contribution in [3.05, 3.63) is 111 Å². The first-order valence-corrected chi connectivity index (χ1v) is 13.6. The van der Waals surface area contributed by atoms with Gasteiger partial charge in [-0.2, -0.15) is 0 Å². The summed E-state index contributed by atoms with van der Waals surface area (Å²) in [7, 11) is 1.70. The molecule has 0 saturated carbocycles. The van der Waals surface area contributed by atoms with Crippen LogP contribution in [0.4, 0.5) is 5.69 Å². The molecule has 0 aliphatic carbocycles. The average Bonchev–Trinajstić information content (AvgIpc) is 3.43. The Morgan fingerprint density at radius 3 is 2.42 bits per heavy atom. The summed E-state index contributed by atoms with van der Waals surface area (Å²) in [4.78, 5) is 21.4. The molecule has 204 valence electrons. The minimum atomic E-state index is -0.409. The largest absolute Gasteiger partial charge is 0.495 e. The minimum absolute atomic E-state index is 0.123. The predicted octanol–water partition coefficient (Wildman–Crippen LogP) is 4.10. The quantitative estimate of drug-likeness (QED) is 0.336. The first-order valence-electron chi connectivity index (χ1n) is 13.6. The predicted molar refractivity (Wildman–Crippen MR) is 156 cm³/mol. The zero-order valence-corrected chi connectivity index (χ0v) is 23.0. The first-order chi connectivity index (χ1) is 19.5. The average molecular weight is 536 g/mol. The molecular weight excluding hydrogens is 502 g/mol. The lowest BCUT2D eigenvalue weighted by Crippen LogP contribution is -2.49. The van der Waals surface area contributed by atoms with Crippen molar-refractivity contribution in [3.63, 3.8) is 0 Å². The number of fused-ring (bicyclic) bond motifs is 1. The number of aromatic nitrogens is 5. The molecule has 40 heavy (non-hydrogen) atoms. The van der Waals surface area contributed by atoms with E-state index in [1.807, 2.05) is 53.2 Å². The number of pyridine rings is 1. The molecule has 1 aliphatic rings. The number of aryl methyl sites for hydroxylation is 2. The number of rotatable bonds is 7. The summed E-state index contributed by atoms with van der Waals surface area (Å²) in [5.74, 6) is 1.51. The van der Waals surface area contributed by atoms with Gasteiger partial charge in [-0.1, -0.05) is 42.5 Å². The molecular formula is C31H33N7O2. The Balaban J connectivity index is 1.40. The van der Waals surface area contributed by atoms with Gasteiger partial charge in [0.1, 0.15) is 11.8 Å². The highest BCUT2D eigenvalue weighted by Crippen LogP contribution is 2.32. The van der Waals surface area contributed by atoms with Crippen molar-refractivity contribution in [1.82, 2.24) is 30.1 Å². The lowest BCUT2D eigenvalue weighted by Gasteiger charge is -2.40. The number of piperazine rings is 1. The number of anilines is 1. The number of methoxy groups -OCH3 is 1. The molecule has 5 aromatic rings. The number of nitrogens with one attached hydrogen (secondary N) is 1. The number of para-hydroxylation sites is 2. The molecule has 3 heterocycles. The second-order valence-electron chi connectivity index (χ2n) is 10.4. The fourth-order valence-corrected chi connectivity index (χ4v) is 5.58. The molecule has 0 unspecified atom stereocenters. The number of hydrogen-bond acceptors (Lipinski definition) is 7. The maximum atomic E-state index is 13.7. The van der Waals surface area contributed by atoms with Crippen LogP contribution in [-0.4, -0.2) is 63.4 Å². The number of aromatic amines is 1. The molecule has 1 aliphatic heterocycles. The van der Waals surface area contributed by atoms with Crippen LogP contribution >= 0.6 is 0 Å². The van der Waals surface area contributed by atoms with E-state index in [2.05, 4.69) is 68.4 Å². The first kappa shape index (κ1) is 25.8. The van der Waals surface area contributed by atoms with E-state index < -0.39 is 6.04 Å². The lowest BCUT2D eigenvalue weighted by atomic mass is 10.00. The number of ether oxygens (including phenoxy) is 1. The third-order valence-electron chi connectivity index (χ3n) is 7.87. The summed E-state index contributed by atoms with van der Waals surface area (Å²) in [6.45, 7) is 7.68. The molecule has 9 nitrogen and oxygen atoms in total. The summed E-state index contributed by atoms with van der Waals surface area (Å²) in [6.07, 6.45) is 0. The van der Waals surface area contributed by atoms with Gasteiger partial charge < -0.3 is 14.6 Å². The van der Waals surface area contributed by atoms with Gasteiger partial charge in [-0.25, -0.2) is 4.68 Å². The van der Waals surface area contributed by atoms with Crippen LogP contribution in [0, 0.1) is 13.8 Å². The number of nitrogens with zero attached hydrogens (tertiary/aromatic N) is 6. The van der Waals surface area contributed by atoms with E-state index in [4.69, 9.17) is 4.74 Å². The molecule has 1 N–H and O–H groups in total. The Bertz CT molecular complexity index is 1690. The third-order valence-corrected chi connectivity index (χ3v) is 7.87. The van der Waals surface area contributed by atoms with Crippen molar-refractivity contribution < 1.29 is 4.74 Å². The minimum Gasteiger partial charge on any atom is -0.495 e. The van der Waals surface area contributed by atoms with E-state index in [0.717, 1.165) is 59.6 Å². The molecule has 2 aromatic heterocycles. The lowest BCUT2D eigenvalue weighted by molar-refractivity contribution is 0.200. The van der Waals surface area contributed by atoms with Crippen molar-refractivity contribution in [3.8, 4) is 5.75 Å². The topological polar surface area (TPSA) is 92.2 Å². The maximum Gasteiger partial charge on any atom is 0.253 e. The summed E-state index contributed by atoms with van der Waals surface area (Å²) in [6, 6.07) is 24.0. The number of tetrazole rings is 1. The van der Waals surface area contributed by atoms with Gasteiger partial charge in [-0.3, -0.25) is 9.69 Å².